The second kappa shape index (κ2) is 4.59. The van der Waals surface area contributed by atoms with E-state index >= 15 is 0 Å². The molecule has 0 aromatic heterocycles. The second-order valence-corrected chi connectivity index (χ2v) is 5.31. The van der Waals surface area contributed by atoms with Crippen LogP contribution in [0.2, 0.25) is 0 Å². The maximum absolute atomic E-state index is 11.4. The van der Waals surface area contributed by atoms with Crippen LogP contribution < -0.4 is 0 Å². The lowest BCUT2D eigenvalue weighted by molar-refractivity contribution is -0.125. The minimum absolute atomic E-state index is 0.172. The highest BCUT2D eigenvalue weighted by molar-refractivity contribution is 8.23. The Morgan fingerprint density at radius 1 is 1.29 bits per heavy atom. The fraction of sp³-hybridized carbons (Fsp3) is 0.778. The topological polar surface area (TPSA) is 23.6 Å². The normalized spacial score (nSPS) is 24.7. The van der Waals surface area contributed by atoms with E-state index in [0.717, 1.165) is 17.4 Å². The molecule has 0 aromatic carbocycles. The van der Waals surface area contributed by atoms with Crippen molar-refractivity contribution in [3.8, 4) is 0 Å². The van der Waals surface area contributed by atoms with Crippen LogP contribution in [-0.2, 0) is 4.79 Å². The standard InChI is InChI=1S/C9H14N2OS2/c12-8-6-14-9(13)11(8)7-10-4-2-1-3-5-10/h1-7H2. The fourth-order valence-corrected chi connectivity index (χ4v) is 2.87. The molecule has 2 rings (SSSR count). The molecule has 2 aliphatic rings. The van der Waals surface area contributed by atoms with E-state index in [-0.39, 0.29) is 5.91 Å². The summed E-state index contributed by atoms with van der Waals surface area (Å²) in [6, 6.07) is 0. The molecule has 0 bridgehead atoms. The average molecular weight is 230 g/mol. The van der Waals surface area contributed by atoms with E-state index in [9.17, 15) is 4.79 Å². The maximum Gasteiger partial charge on any atom is 0.239 e. The summed E-state index contributed by atoms with van der Waals surface area (Å²) in [6.07, 6.45) is 3.83. The predicted molar refractivity (Wildman–Crippen MR) is 62.2 cm³/mol. The number of nitrogens with zero attached hydrogens (tertiary/aromatic N) is 2. The highest BCUT2D eigenvalue weighted by Gasteiger charge is 2.28. The molecule has 0 unspecified atom stereocenters. The third-order valence-corrected chi connectivity index (χ3v) is 4.06. The molecule has 2 aliphatic heterocycles. The first-order valence-corrected chi connectivity index (χ1v) is 6.36. The maximum atomic E-state index is 11.4. The van der Waals surface area contributed by atoms with Gasteiger partial charge in [-0.15, -0.1) is 0 Å². The van der Waals surface area contributed by atoms with E-state index in [2.05, 4.69) is 4.90 Å². The summed E-state index contributed by atoms with van der Waals surface area (Å²) in [6.45, 7) is 2.93. The van der Waals surface area contributed by atoms with Crippen molar-refractivity contribution in [2.75, 3.05) is 25.5 Å². The quantitative estimate of drug-likeness (QED) is 0.667. The van der Waals surface area contributed by atoms with Crippen molar-refractivity contribution in [3.05, 3.63) is 0 Å². The lowest BCUT2D eigenvalue weighted by Gasteiger charge is -2.30. The van der Waals surface area contributed by atoms with Crippen molar-refractivity contribution >= 4 is 34.2 Å². The minimum Gasteiger partial charge on any atom is -0.286 e. The highest BCUT2D eigenvalue weighted by Crippen LogP contribution is 2.20. The molecule has 0 atom stereocenters. The van der Waals surface area contributed by atoms with Crippen LogP contribution in [0.15, 0.2) is 0 Å². The number of rotatable bonds is 2. The number of thiocarbonyl (C=S) groups is 1. The molecule has 78 valence electrons. The molecule has 2 heterocycles. The van der Waals surface area contributed by atoms with Gasteiger partial charge in [0.2, 0.25) is 5.91 Å². The van der Waals surface area contributed by atoms with E-state index in [1.54, 1.807) is 4.90 Å². The van der Waals surface area contributed by atoms with Crippen molar-refractivity contribution in [1.82, 2.24) is 9.80 Å². The van der Waals surface area contributed by atoms with Crippen LogP contribution in [0.1, 0.15) is 19.3 Å². The molecule has 0 radical (unpaired) electrons. The van der Waals surface area contributed by atoms with E-state index in [1.807, 2.05) is 0 Å². The summed E-state index contributed by atoms with van der Waals surface area (Å²) in [4.78, 5) is 15.5. The van der Waals surface area contributed by atoms with Gasteiger partial charge in [0.1, 0.15) is 4.32 Å². The van der Waals surface area contributed by atoms with Crippen LogP contribution in [0.4, 0.5) is 0 Å². The van der Waals surface area contributed by atoms with E-state index in [1.165, 1.54) is 31.0 Å². The molecular formula is C9H14N2OS2. The molecule has 3 nitrogen and oxygen atoms in total. The van der Waals surface area contributed by atoms with Gasteiger partial charge in [0, 0.05) is 0 Å². The molecule has 0 aromatic rings. The third kappa shape index (κ3) is 2.27. The third-order valence-electron chi connectivity index (χ3n) is 2.63. The smallest absolute Gasteiger partial charge is 0.239 e. The minimum atomic E-state index is 0.172. The van der Waals surface area contributed by atoms with Crippen LogP contribution in [0, 0.1) is 0 Å². The molecule has 0 saturated carbocycles. The zero-order chi connectivity index (χ0) is 9.97. The predicted octanol–water partition coefficient (Wildman–Crippen LogP) is 1.29. The number of amides is 1. The number of carbonyl (C=O) groups excluding carboxylic acids is 1. The van der Waals surface area contributed by atoms with E-state index < -0.39 is 0 Å². The molecular weight excluding hydrogens is 216 g/mol. The van der Waals surface area contributed by atoms with E-state index in [0.29, 0.717) is 12.4 Å². The summed E-state index contributed by atoms with van der Waals surface area (Å²) >= 11 is 6.61. The van der Waals surface area contributed by atoms with Gasteiger partial charge in [-0.2, -0.15) is 0 Å². The van der Waals surface area contributed by atoms with Gasteiger partial charge in [0.05, 0.1) is 12.4 Å². The number of hydrogen-bond donors (Lipinski definition) is 0. The van der Waals surface area contributed by atoms with Gasteiger partial charge >= 0.3 is 0 Å². The largest absolute Gasteiger partial charge is 0.286 e. The Morgan fingerprint density at radius 2 is 2.00 bits per heavy atom. The first-order chi connectivity index (χ1) is 6.77. The van der Waals surface area contributed by atoms with Crippen LogP contribution in [0.25, 0.3) is 0 Å². The molecule has 0 spiro atoms. The van der Waals surface area contributed by atoms with Crippen molar-refractivity contribution in [2.45, 2.75) is 19.3 Å². The molecule has 5 heteroatoms. The molecule has 1 amide bonds. The lowest BCUT2D eigenvalue weighted by Crippen LogP contribution is -2.42. The van der Waals surface area contributed by atoms with Crippen molar-refractivity contribution < 1.29 is 4.79 Å². The van der Waals surface area contributed by atoms with Gasteiger partial charge < -0.3 is 0 Å². The van der Waals surface area contributed by atoms with Crippen LogP contribution in [0.3, 0.4) is 0 Å². The van der Waals surface area contributed by atoms with Crippen LogP contribution in [0.5, 0.6) is 0 Å². The summed E-state index contributed by atoms with van der Waals surface area (Å²) in [7, 11) is 0. The molecule has 0 N–H and O–H groups in total. The molecule has 14 heavy (non-hydrogen) atoms. The fourth-order valence-electron chi connectivity index (χ4n) is 1.82. The summed E-state index contributed by atoms with van der Waals surface area (Å²) < 4.78 is 0.751. The zero-order valence-corrected chi connectivity index (χ0v) is 9.70. The van der Waals surface area contributed by atoms with Crippen molar-refractivity contribution in [1.29, 1.82) is 0 Å². The zero-order valence-electron chi connectivity index (χ0n) is 8.07. The Balaban J connectivity index is 1.89. The van der Waals surface area contributed by atoms with Crippen molar-refractivity contribution in [2.24, 2.45) is 0 Å². The second-order valence-electron chi connectivity index (χ2n) is 3.70. The van der Waals surface area contributed by atoms with Gasteiger partial charge in [0.25, 0.3) is 0 Å². The van der Waals surface area contributed by atoms with Crippen molar-refractivity contribution in [3.63, 3.8) is 0 Å². The first kappa shape index (κ1) is 10.4. The first-order valence-electron chi connectivity index (χ1n) is 4.97. The SMILES string of the molecule is O=C1CSC(=S)N1CN1CCCCC1. The number of likely N-dealkylation sites (tertiary alicyclic amines) is 1. The Kier molecular flexibility index (Phi) is 3.41. The summed E-state index contributed by atoms with van der Waals surface area (Å²) in [5.41, 5.74) is 0. The Labute approximate surface area is 93.8 Å². The molecule has 0 aliphatic carbocycles. The Bertz CT molecular complexity index is 235. The van der Waals surface area contributed by atoms with E-state index in [4.69, 9.17) is 12.2 Å². The number of carbonyl (C=O) groups is 1. The molecule has 2 saturated heterocycles. The Hall–Kier alpha value is -0.130. The van der Waals surface area contributed by atoms with Crippen LogP contribution >= 0.6 is 24.0 Å². The number of thioether (sulfide) groups is 1. The highest BCUT2D eigenvalue weighted by atomic mass is 32.2. The average Bonchev–Trinajstić information content (AvgIpc) is 2.51. The van der Waals surface area contributed by atoms with Gasteiger partial charge in [-0.3, -0.25) is 14.6 Å². The summed E-state index contributed by atoms with van der Waals surface area (Å²) in [5.74, 6) is 0.706. The van der Waals surface area contributed by atoms with Gasteiger partial charge in [-0.25, -0.2) is 0 Å². The van der Waals surface area contributed by atoms with Gasteiger partial charge in [-0.1, -0.05) is 30.4 Å². The van der Waals surface area contributed by atoms with Gasteiger partial charge in [0.15, 0.2) is 0 Å². The molecule has 2 fully saturated rings. The summed E-state index contributed by atoms with van der Waals surface area (Å²) in [5, 5.41) is 0. The monoisotopic (exact) mass is 230 g/mol. The Morgan fingerprint density at radius 3 is 2.57 bits per heavy atom. The lowest BCUT2D eigenvalue weighted by atomic mass is 10.1. The number of piperidine rings is 1. The number of hydrogen-bond acceptors (Lipinski definition) is 4. The van der Waals surface area contributed by atoms with Crippen LogP contribution in [-0.4, -0.2) is 45.5 Å². The van der Waals surface area contributed by atoms with Gasteiger partial charge in [-0.05, 0) is 25.9 Å².